The third-order valence-electron chi connectivity index (χ3n) is 9.35. The van der Waals surface area contributed by atoms with E-state index >= 15 is 0 Å². The second-order valence-corrected chi connectivity index (χ2v) is 14.3. The Hall–Kier alpha value is -5.01. The normalized spacial score (nSPS) is 17.0. The molecule has 0 aromatic carbocycles. The molecule has 0 radical (unpaired) electrons. The minimum absolute atomic E-state index is 0.0295. The number of aliphatic carboxylic acids is 1. The molecule has 0 spiro atoms. The lowest BCUT2D eigenvalue weighted by Crippen LogP contribution is -2.59. The van der Waals surface area contributed by atoms with Gasteiger partial charge in [-0.2, -0.15) is 0 Å². The molecule has 7 amide bonds. The number of aliphatic imine (C=N–C) groups is 1. The quantitative estimate of drug-likeness (QED) is 0.0274. The van der Waals surface area contributed by atoms with E-state index in [1.807, 2.05) is 27.7 Å². The van der Waals surface area contributed by atoms with Gasteiger partial charge in [0.15, 0.2) is 5.96 Å². The number of carboxylic acids is 1. The smallest absolute Gasteiger partial charge is 0.322 e. The zero-order valence-electron chi connectivity index (χ0n) is 32.9. The average molecular weight is 782 g/mol. The Morgan fingerprint density at radius 3 is 1.93 bits per heavy atom. The number of amides is 7. The molecule has 0 aromatic rings. The summed E-state index contributed by atoms with van der Waals surface area (Å²) in [5.41, 5.74) is 16.8. The molecule has 7 atom stereocenters. The van der Waals surface area contributed by atoms with Crippen LogP contribution in [0.15, 0.2) is 4.99 Å². The van der Waals surface area contributed by atoms with Crippen molar-refractivity contribution >= 4 is 53.3 Å². The van der Waals surface area contributed by atoms with E-state index in [0.29, 0.717) is 51.6 Å². The van der Waals surface area contributed by atoms with Crippen LogP contribution in [0.3, 0.4) is 0 Å². The van der Waals surface area contributed by atoms with Gasteiger partial charge in [0, 0.05) is 13.1 Å². The van der Waals surface area contributed by atoms with Gasteiger partial charge in [-0.25, -0.2) is 0 Å². The average Bonchev–Trinajstić information content (AvgIpc) is 3.63. The Morgan fingerprint density at radius 1 is 0.782 bits per heavy atom. The van der Waals surface area contributed by atoms with Crippen LogP contribution in [0, 0.1) is 17.8 Å². The number of carboxylic acid groups (broad SMARTS) is 1. The molecular weight excluding hydrogens is 718 g/mol. The van der Waals surface area contributed by atoms with Crippen molar-refractivity contribution in [1.29, 1.82) is 0 Å². The fourth-order valence-corrected chi connectivity index (χ4v) is 5.81. The second-order valence-electron chi connectivity index (χ2n) is 14.3. The first-order valence-electron chi connectivity index (χ1n) is 18.9. The van der Waals surface area contributed by atoms with Crippen LogP contribution in [0.25, 0.3) is 0 Å². The van der Waals surface area contributed by atoms with Crippen molar-refractivity contribution in [3.8, 4) is 0 Å². The van der Waals surface area contributed by atoms with Crippen LogP contribution in [0.1, 0.15) is 86.5 Å². The number of likely N-dealkylation sites (tertiary alicyclic amines) is 1. The summed E-state index contributed by atoms with van der Waals surface area (Å²) in [6.07, 6.45) is 2.93. The number of carbonyl (C=O) groups is 8. The second kappa shape index (κ2) is 24.4. The van der Waals surface area contributed by atoms with E-state index in [1.165, 1.54) is 4.90 Å². The van der Waals surface area contributed by atoms with Crippen molar-refractivity contribution in [3.05, 3.63) is 0 Å². The van der Waals surface area contributed by atoms with Crippen LogP contribution in [0.5, 0.6) is 0 Å². The number of nitrogens with zero attached hydrogens (tertiary/aromatic N) is 2. The van der Waals surface area contributed by atoms with Crippen molar-refractivity contribution < 1.29 is 43.5 Å². The maximum atomic E-state index is 13.5. The Labute approximate surface area is 322 Å². The lowest BCUT2D eigenvalue weighted by molar-refractivity contribution is -0.140. The van der Waals surface area contributed by atoms with Crippen molar-refractivity contribution in [2.24, 2.45) is 39.9 Å². The number of hydrogen-bond donors (Lipinski definition) is 10. The number of hydrogen-bond acceptors (Lipinski definition) is 10. The molecule has 1 aliphatic heterocycles. The van der Waals surface area contributed by atoms with Crippen LogP contribution in [-0.4, -0.2) is 126 Å². The highest BCUT2D eigenvalue weighted by Crippen LogP contribution is 2.20. The lowest BCUT2D eigenvalue weighted by Gasteiger charge is -2.29. The van der Waals surface area contributed by atoms with Crippen molar-refractivity contribution in [3.63, 3.8) is 0 Å². The molecule has 312 valence electrons. The molecule has 55 heavy (non-hydrogen) atoms. The fraction of sp³-hybridized carbons (Fsp3) is 0.743. The molecule has 0 aliphatic carbocycles. The van der Waals surface area contributed by atoms with Gasteiger partial charge < -0.3 is 59.1 Å². The Bertz CT molecular complexity index is 1370. The molecule has 20 heteroatoms. The van der Waals surface area contributed by atoms with Gasteiger partial charge in [0.05, 0.1) is 19.1 Å². The van der Waals surface area contributed by atoms with Crippen LogP contribution in [0.2, 0.25) is 0 Å². The third kappa shape index (κ3) is 17.3. The van der Waals surface area contributed by atoms with E-state index in [0.717, 1.165) is 0 Å². The van der Waals surface area contributed by atoms with Gasteiger partial charge in [-0.05, 0) is 49.9 Å². The molecule has 1 fully saturated rings. The molecule has 0 unspecified atom stereocenters. The number of guanidine groups is 1. The highest BCUT2D eigenvalue weighted by atomic mass is 16.4. The Kier molecular flexibility index (Phi) is 21.3. The molecule has 0 bridgehead atoms. The summed E-state index contributed by atoms with van der Waals surface area (Å²) in [7, 11) is 0. The monoisotopic (exact) mass is 781 g/mol. The lowest BCUT2D eigenvalue weighted by atomic mass is 9.95. The first-order valence-corrected chi connectivity index (χ1v) is 18.9. The van der Waals surface area contributed by atoms with Crippen LogP contribution in [0.4, 0.5) is 0 Å². The summed E-state index contributed by atoms with van der Waals surface area (Å²) in [4.78, 5) is 108. The maximum absolute atomic E-state index is 13.5. The minimum Gasteiger partial charge on any atom is -0.480 e. The SMILES string of the molecule is CC[C@H](C)[C@H](NC(=O)CNC(=O)[C@H](CC(C)C)NC(=O)[C@@H]1CCCN1C(=O)[C@@H](N)CCCN=C(N)N)C(=O)N[C@H](C(=O)NCC(=O)NCC(=O)O)[C@@H](C)CC. The largest absolute Gasteiger partial charge is 0.480 e. The molecule has 1 saturated heterocycles. The minimum atomic E-state index is -1.25. The van der Waals surface area contributed by atoms with Gasteiger partial charge in [-0.3, -0.25) is 43.3 Å². The van der Waals surface area contributed by atoms with E-state index in [1.54, 1.807) is 13.8 Å². The van der Waals surface area contributed by atoms with Crippen LogP contribution in [-0.2, 0) is 38.4 Å². The van der Waals surface area contributed by atoms with Crippen molar-refractivity contribution in [1.82, 2.24) is 36.8 Å². The van der Waals surface area contributed by atoms with E-state index in [4.69, 9.17) is 22.3 Å². The van der Waals surface area contributed by atoms with E-state index in [-0.39, 0.29) is 30.1 Å². The molecule has 1 heterocycles. The zero-order chi connectivity index (χ0) is 41.8. The van der Waals surface area contributed by atoms with Gasteiger partial charge in [-0.15, -0.1) is 0 Å². The van der Waals surface area contributed by atoms with Crippen LogP contribution >= 0.6 is 0 Å². The van der Waals surface area contributed by atoms with E-state index in [9.17, 15) is 38.4 Å². The summed E-state index contributed by atoms with van der Waals surface area (Å²) in [5, 5.41) is 23.9. The third-order valence-corrected chi connectivity index (χ3v) is 9.35. The number of nitrogens with one attached hydrogen (secondary N) is 6. The number of carbonyl (C=O) groups excluding carboxylic acids is 7. The van der Waals surface area contributed by atoms with Gasteiger partial charge in [-0.1, -0.05) is 54.4 Å². The van der Waals surface area contributed by atoms with Gasteiger partial charge in [0.1, 0.15) is 30.7 Å². The summed E-state index contributed by atoms with van der Waals surface area (Å²) in [6, 6.07) is -4.89. The maximum Gasteiger partial charge on any atom is 0.322 e. The highest BCUT2D eigenvalue weighted by molar-refractivity contribution is 5.96. The molecule has 1 aliphatic rings. The molecule has 13 N–H and O–H groups in total. The molecule has 0 saturated carbocycles. The van der Waals surface area contributed by atoms with Crippen molar-refractivity contribution in [2.45, 2.75) is 117 Å². The summed E-state index contributed by atoms with van der Waals surface area (Å²) < 4.78 is 0. The standard InChI is InChI=1S/C35H63N11O9/c1-7-20(5)28(32(53)42-16-25(47)40-18-27(49)50)45-33(54)29(21(6)8-2)44-26(48)17-41-30(51)23(15-19(3)4)43-31(52)24-12-10-14-46(24)34(55)22(36)11-9-13-39-35(37)38/h19-24,28-29H,7-18,36H2,1-6H3,(H,40,47)(H,41,51)(H,42,53)(H,43,52)(H,44,48)(H,45,54)(H,49,50)(H4,37,38,39)/t20-,21-,22-,23-,24-,28-,29-/m0/s1. The Morgan fingerprint density at radius 2 is 1.36 bits per heavy atom. The van der Waals surface area contributed by atoms with E-state index < -0.39 is 97.2 Å². The Balaban J connectivity index is 2.93. The molecule has 0 aromatic heterocycles. The molecule has 1 rings (SSSR count). The summed E-state index contributed by atoms with van der Waals surface area (Å²) in [6.45, 7) is 9.80. The van der Waals surface area contributed by atoms with Gasteiger partial charge >= 0.3 is 5.97 Å². The van der Waals surface area contributed by atoms with Gasteiger partial charge in [0.2, 0.25) is 41.4 Å². The van der Waals surface area contributed by atoms with Gasteiger partial charge in [0.25, 0.3) is 0 Å². The first kappa shape index (κ1) is 48.0. The molecule has 20 nitrogen and oxygen atoms in total. The first-order chi connectivity index (χ1) is 25.8. The fourth-order valence-electron chi connectivity index (χ4n) is 5.81. The topological polar surface area (TPSA) is 323 Å². The number of rotatable bonds is 24. The van der Waals surface area contributed by atoms with Crippen LogP contribution < -0.4 is 49.1 Å². The predicted molar refractivity (Wildman–Crippen MR) is 203 cm³/mol. The highest BCUT2D eigenvalue weighted by Gasteiger charge is 2.38. The predicted octanol–water partition coefficient (Wildman–Crippen LogP) is -2.62. The number of nitrogens with two attached hydrogens (primary N) is 3. The van der Waals surface area contributed by atoms with E-state index in [2.05, 4.69) is 36.9 Å². The summed E-state index contributed by atoms with van der Waals surface area (Å²) in [5.74, 6) is -6.38. The molecular formula is C35H63N11O9. The van der Waals surface area contributed by atoms with Crippen molar-refractivity contribution in [2.75, 3.05) is 32.7 Å². The summed E-state index contributed by atoms with van der Waals surface area (Å²) >= 11 is 0. The zero-order valence-corrected chi connectivity index (χ0v) is 32.9.